The van der Waals surface area contributed by atoms with Gasteiger partial charge < -0.3 is 10.2 Å². The first-order valence-electron chi connectivity index (χ1n) is 6.51. The highest BCUT2D eigenvalue weighted by atomic mass is 79.9. The minimum Gasteiger partial charge on any atom is -0.341 e. The number of carbonyl (C=O) groups excluding carboxylic acids is 1. The highest BCUT2D eigenvalue weighted by Gasteiger charge is 2.21. The summed E-state index contributed by atoms with van der Waals surface area (Å²) in [4.78, 5) is 13.5. The topological polar surface area (TPSA) is 32.3 Å². The molecule has 0 aromatic heterocycles. The van der Waals surface area contributed by atoms with Gasteiger partial charge >= 0.3 is 0 Å². The molecule has 1 saturated heterocycles. The first-order chi connectivity index (χ1) is 9.06. The van der Waals surface area contributed by atoms with Gasteiger partial charge in [0, 0.05) is 41.6 Å². The van der Waals surface area contributed by atoms with Crippen molar-refractivity contribution in [2.24, 2.45) is 0 Å². The summed E-state index contributed by atoms with van der Waals surface area (Å²) < 4.78 is 1.05. The number of hydrogen-bond acceptors (Lipinski definition) is 2. The largest absolute Gasteiger partial charge is 0.341 e. The lowest BCUT2D eigenvalue weighted by Crippen LogP contribution is -2.39. The fourth-order valence-corrected chi connectivity index (χ4v) is 2.84. The van der Waals surface area contributed by atoms with E-state index in [9.17, 15) is 4.79 Å². The van der Waals surface area contributed by atoms with E-state index in [1.807, 2.05) is 23.1 Å². The molecule has 0 spiro atoms. The molecule has 0 aliphatic carbocycles. The Kier molecular flexibility index (Phi) is 5.25. The molecule has 1 fully saturated rings. The number of halogens is 2. The van der Waals surface area contributed by atoms with Gasteiger partial charge in [-0.2, -0.15) is 0 Å². The van der Waals surface area contributed by atoms with Crippen molar-refractivity contribution >= 4 is 33.4 Å². The fourth-order valence-electron chi connectivity index (χ4n) is 2.26. The van der Waals surface area contributed by atoms with Crippen molar-refractivity contribution in [1.29, 1.82) is 0 Å². The van der Waals surface area contributed by atoms with E-state index in [1.165, 1.54) is 0 Å². The smallest absolute Gasteiger partial charge is 0.222 e. The van der Waals surface area contributed by atoms with Crippen molar-refractivity contribution in [3.8, 4) is 0 Å². The van der Waals surface area contributed by atoms with Crippen LogP contribution in [0.5, 0.6) is 0 Å². The van der Waals surface area contributed by atoms with Crippen LogP contribution < -0.4 is 5.32 Å². The van der Waals surface area contributed by atoms with Gasteiger partial charge in [0.2, 0.25) is 5.91 Å². The van der Waals surface area contributed by atoms with Gasteiger partial charge in [-0.25, -0.2) is 0 Å². The molecule has 0 radical (unpaired) electrons. The molecule has 104 valence electrons. The Hall–Kier alpha value is -0.580. The zero-order chi connectivity index (χ0) is 13.8. The van der Waals surface area contributed by atoms with Gasteiger partial charge in [0.25, 0.3) is 0 Å². The van der Waals surface area contributed by atoms with Crippen LogP contribution in [0.25, 0.3) is 0 Å². The van der Waals surface area contributed by atoms with E-state index in [4.69, 9.17) is 11.6 Å². The Labute approximate surface area is 127 Å². The van der Waals surface area contributed by atoms with E-state index in [0.29, 0.717) is 6.42 Å². The Bertz CT molecular complexity index is 467. The normalized spacial score (nSPS) is 17.0. The molecule has 3 nitrogen and oxygen atoms in total. The second-order valence-electron chi connectivity index (χ2n) is 4.96. The minimum absolute atomic E-state index is 0.271. The van der Waals surface area contributed by atoms with Crippen LogP contribution in [-0.2, 0) is 11.3 Å². The van der Waals surface area contributed by atoms with Gasteiger partial charge in [-0.15, -0.1) is 0 Å². The first-order valence-corrected chi connectivity index (χ1v) is 7.68. The highest BCUT2D eigenvalue weighted by Crippen LogP contribution is 2.21. The number of carbonyl (C=O) groups is 1. The van der Waals surface area contributed by atoms with E-state index in [0.717, 1.165) is 41.1 Å². The summed E-state index contributed by atoms with van der Waals surface area (Å²) in [6.07, 6.45) is 1.69. The van der Waals surface area contributed by atoms with Gasteiger partial charge in [0.15, 0.2) is 0 Å². The van der Waals surface area contributed by atoms with Crippen LogP contribution in [-0.4, -0.2) is 29.9 Å². The summed E-state index contributed by atoms with van der Waals surface area (Å²) in [7, 11) is 0. The number of benzene rings is 1. The van der Waals surface area contributed by atoms with Crippen molar-refractivity contribution in [2.75, 3.05) is 13.1 Å². The number of hydrogen-bond donors (Lipinski definition) is 1. The molecule has 5 heteroatoms. The third-order valence-corrected chi connectivity index (χ3v) is 4.32. The van der Waals surface area contributed by atoms with Gasteiger partial charge in [-0.3, -0.25) is 4.79 Å². The maximum Gasteiger partial charge on any atom is 0.222 e. The Morgan fingerprint density at radius 2 is 2.32 bits per heavy atom. The quantitative estimate of drug-likeness (QED) is 0.889. The van der Waals surface area contributed by atoms with Crippen molar-refractivity contribution in [2.45, 2.75) is 32.4 Å². The summed E-state index contributed by atoms with van der Waals surface area (Å²) >= 11 is 9.50. The molecule has 1 unspecified atom stereocenters. The van der Waals surface area contributed by atoms with E-state index in [2.05, 4.69) is 28.2 Å². The Morgan fingerprint density at radius 3 is 3.00 bits per heavy atom. The fraction of sp³-hybridized carbons (Fsp3) is 0.500. The van der Waals surface area contributed by atoms with Crippen molar-refractivity contribution in [3.05, 3.63) is 33.3 Å². The van der Waals surface area contributed by atoms with Crippen LogP contribution in [0.3, 0.4) is 0 Å². The lowest BCUT2D eigenvalue weighted by Gasteiger charge is -2.22. The van der Waals surface area contributed by atoms with Gasteiger partial charge in [-0.1, -0.05) is 27.5 Å². The summed E-state index contributed by atoms with van der Waals surface area (Å²) in [6.45, 7) is 4.51. The van der Waals surface area contributed by atoms with Crippen molar-refractivity contribution in [1.82, 2.24) is 10.2 Å². The summed E-state index contributed by atoms with van der Waals surface area (Å²) in [5.74, 6) is 0.276. The molecule has 0 saturated carbocycles. The molecule has 2 rings (SSSR count). The zero-order valence-electron chi connectivity index (χ0n) is 11.0. The van der Waals surface area contributed by atoms with Crippen molar-refractivity contribution in [3.63, 3.8) is 0 Å². The molecule has 1 aromatic carbocycles. The summed E-state index contributed by atoms with van der Waals surface area (Å²) in [5, 5.41) is 4.17. The molecule has 1 atom stereocenters. The molecule has 1 aliphatic rings. The molecule has 1 aromatic rings. The maximum atomic E-state index is 11.6. The van der Waals surface area contributed by atoms with Crippen LogP contribution in [0.2, 0.25) is 5.02 Å². The second-order valence-corrected chi connectivity index (χ2v) is 6.25. The number of amides is 1. The monoisotopic (exact) mass is 344 g/mol. The SMILES string of the molecule is CC(CN1CCCC1=O)NCc1cc(Cl)ccc1Br. The predicted octanol–water partition coefficient (Wildman–Crippen LogP) is 3.20. The molecular weight excluding hydrogens is 328 g/mol. The number of nitrogens with one attached hydrogen (secondary N) is 1. The van der Waals surface area contributed by atoms with Crippen LogP contribution >= 0.6 is 27.5 Å². The predicted molar refractivity (Wildman–Crippen MR) is 81.3 cm³/mol. The van der Waals surface area contributed by atoms with Gasteiger partial charge in [0.05, 0.1) is 0 Å². The molecule has 1 heterocycles. The molecule has 0 bridgehead atoms. The van der Waals surface area contributed by atoms with Crippen molar-refractivity contribution < 1.29 is 4.79 Å². The third kappa shape index (κ3) is 4.20. The number of nitrogens with zero attached hydrogens (tertiary/aromatic N) is 1. The molecular formula is C14H18BrClN2O. The van der Waals surface area contributed by atoms with E-state index < -0.39 is 0 Å². The lowest BCUT2D eigenvalue weighted by atomic mass is 10.2. The average Bonchev–Trinajstić information content (AvgIpc) is 2.76. The van der Waals surface area contributed by atoms with Gasteiger partial charge in [-0.05, 0) is 37.1 Å². The van der Waals surface area contributed by atoms with Crippen LogP contribution in [0.15, 0.2) is 22.7 Å². The second kappa shape index (κ2) is 6.73. The standard InChI is InChI=1S/C14H18BrClN2O/c1-10(9-18-6-2-3-14(18)19)17-8-11-7-12(16)4-5-13(11)15/h4-5,7,10,17H,2-3,6,8-9H2,1H3. The maximum absolute atomic E-state index is 11.6. The number of rotatable bonds is 5. The van der Waals surface area contributed by atoms with Crippen LogP contribution in [0.4, 0.5) is 0 Å². The first kappa shape index (κ1) is 14.8. The average molecular weight is 346 g/mol. The third-order valence-electron chi connectivity index (χ3n) is 3.31. The molecule has 1 N–H and O–H groups in total. The Morgan fingerprint density at radius 1 is 1.53 bits per heavy atom. The molecule has 1 amide bonds. The minimum atomic E-state index is 0.271. The highest BCUT2D eigenvalue weighted by molar-refractivity contribution is 9.10. The number of likely N-dealkylation sites (tertiary alicyclic amines) is 1. The lowest BCUT2D eigenvalue weighted by molar-refractivity contribution is -0.127. The Balaban J connectivity index is 1.84. The van der Waals surface area contributed by atoms with Crippen LogP contribution in [0.1, 0.15) is 25.3 Å². The van der Waals surface area contributed by atoms with E-state index >= 15 is 0 Å². The van der Waals surface area contributed by atoms with Crippen LogP contribution in [0, 0.1) is 0 Å². The zero-order valence-corrected chi connectivity index (χ0v) is 13.3. The van der Waals surface area contributed by atoms with Gasteiger partial charge in [0.1, 0.15) is 0 Å². The van der Waals surface area contributed by atoms with E-state index in [1.54, 1.807) is 0 Å². The van der Waals surface area contributed by atoms with E-state index in [-0.39, 0.29) is 11.9 Å². The molecule has 19 heavy (non-hydrogen) atoms. The summed E-state index contributed by atoms with van der Waals surface area (Å²) in [6, 6.07) is 6.04. The summed E-state index contributed by atoms with van der Waals surface area (Å²) in [5.41, 5.74) is 1.13. The molecule has 1 aliphatic heterocycles.